The molecular formula is C23H26N4O4S. The van der Waals surface area contributed by atoms with Gasteiger partial charge in [-0.2, -0.15) is 0 Å². The number of anilines is 1. The largest absolute Gasteiger partial charge is 0.444 e. The molecule has 0 aliphatic carbocycles. The third-order valence-corrected chi connectivity index (χ3v) is 5.53. The Labute approximate surface area is 192 Å². The van der Waals surface area contributed by atoms with Crippen LogP contribution in [0.5, 0.6) is 0 Å². The number of nitrogens with zero attached hydrogens (tertiary/aromatic N) is 2. The Morgan fingerprint density at radius 2 is 2.09 bits per heavy atom. The van der Waals surface area contributed by atoms with Gasteiger partial charge in [0, 0.05) is 12.7 Å². The average Bonchev–Trinajstić information content (AvgIpc) is 3.25. The molecule has 4 rings (SSSR count). The van der Waals surface area contributed by atoms with E-state index in [0.717, 1.165) is 16.8 Å². The molecule has 168 valence electrons. The zero-order valence-electron chi connectivity index (χ0n) is 18.3. The summed E-state index contributed by atoms with van der Waals surface area (Å²) in [5.74, 6) is 0.162. The molecule has 1 aromatic carbocycles. The van der Waals surface area contributed by atoms with Gasteiger partial charge in [-0.25, -0.2) is 4.79 Å². The molecule has 8 nitrogen and oxygen atoms in total. The predicted octanol–water partition coefficient (Wildman–Crippen LogP) is 3.51. The van der Waals surface area contributed by atoms with E-state index < -0.39 is 5.60 Å². The first-order valence-corrected chi connectivity index (χ1v) is 10.9. The van der Waals surface area contributed by atoms with E-state index in [0.29, 0.717) is 37.8 Å². The standard InChI is InChI=1S/C23H26N4O4S/c1-23(2,3)31-22(29)26-10-11-30-13-18(26)16-7-5-4-6-15(16)12-27-17-8-9-24-20(17)21(28)25-19(27)14-32/h4-9,18,24H,10-13H2,1-3H3,(H,25,28)/t18-/m0/s1. The summed E-state index contributed by atoms with van der Waals surface area (Å²) in [6, 6.07) is 9.42. The highest BCUT2D eigenvalue weighted by Gasteiger charge is 2.34. The zero-order valence-corrected chi connectivity index (χ0v) is 19.1. The van der Waals surface area contributed by atoms with Crippen molar-refractivity contribution in [1.82, 2.24) is 15.2 Å². The number of aromatic nitrogens is 1. The summed E-state index contributed by atoms with van der Waals surface area (Å²) in [4.78, 5) is 31.8. The van der Waals surface area contributed by atoms with Crippen LogP contribution in [-0.4, -0.2) is 52.3 Å². The van der Waals surface area contributed by atoms with E-state index in [1.165, 1.54) is 0 Å². The van der Waals surface area contributed by atoms with Crippen molar-refractivity contribution in [2.75, 3.05) is 24.7 Å². The third-order valence-electron chi connectivity index (χ3n) is 5.34. The minimum atomic E-state index is -0.588. The molecule has 1 aromatic heterocycles. The van der Waals surface area contributed by atoms with Gasteiger partial charge in [-0.15, -0.1) is 0 Å². The van der Waals surface area contributed by atoms with E-state index in [2.05, 4.69) is 15.3 Å². The Morgan fingerprint density at radius 3 is 2.84 bits per heavy atom. The van der Waals surface area contributed by atoms with Crippen molar-refractivity contribution >= 4 is 34.9 Å². The normalized spacial score (nSPS) is 18.7. The van der Waals surface area contributed by atoms with Crippen molar-refractivity contribution in [3.63, 3.8) is 0 Å². The Bertz CT molecular complexity index is 1080. The van der Waals surface area contributed by atoms with Gasteiger partial charge < -0.3 is 19.4 Å². The number of thiocarbonyl (C=S) groups is 1. The second-order valence-electron chi connectivity index (χ2n) is 8.69. The van der Waals surface area contributed by atoms with Gasteiger partial charge >= 0.3 is 6.09 Å². The molecule has 0 spiro atoms. The molecule has 1 fully saturated rings. The number of nitrogens with one attached hydrogen (secondary N) is 2. The van der Waals surface area contributed by atoms with Crippen LogP contribution < -0.4 is 10.2 Å². The lowest BCUT2D eigenvalue weighted by Gasteiger charge is -2.38. The van der Waals surface area contributed by atoms with Gasteiger partial charge in [0.2, 0.25) is 0 Å². The molecular weight excluding hydrogens is 428 g/mol. The van der Waals surface area contributed by atoms with E-state index in [4.69, 9.17) is 21.7 Å². The molecule has 0 radical (unpaired) electrons. The highest BCUT2D eigenvalue weighted by Crippen LogP contribution is 2.33. The Hall–Kier alpha value is -3.13. The summed E-state index contributed by atoms with van der Waals surface area (Å²) >= 11 is 5.04. The summed E-state index contributed by atoms with van der Waals surface area (Å²) in [5.41, 5.74) is 2.53. The van der Waals surface area contributed by atoms with E-state index in [1.807, 2.05) is 56.0 Å². The predicted molar refractivity (Wildman–Crippen MR) is 123 cm³/mol. The SMILES string of the molecule is CC(C)(C)OC(=O)N1CCOC[C@H]1c1ccccc1CN1C(=C=S)NC(=O)c2[nH]ccc21. The van der Waals surface area contributed by atoms with Crippen LogP contribution in [0.2, 0.25) is 0 Å². The van der Waals surface area contributed by atoms with Crippen LogP contribution in [0.4, 0.5) is 10.5 Å². The maximum Gasteiger partial charge on any atom is 0.410 e. The Kier molecular flexibility index (Phi) is 6.06. The molecule has 1 saturated heterocycles. The van der Waals surface area contributed by atoms with Crippen LogP contribution in [0, 0.1) is 0 Å². The summed E-state index contributed by atoms with van der Waals surface area (Å²) in [7, 11) is 0. The van der Waals surface area contributed by atoms with Gasteiger partial charge in [-0.3, -0.25) is 15.0 Å². The fourth-order valence-corrected chi connectivity index (χ4v) is 4.11. The number of hydrogen-bond acceptors (Lipinski definition) is 6. The third kappa shape index (κ3) is 4.41. The molecule has 0 saturated carbocycles. The average molecular weight is 455 g/mol. The number of benzene rings is 1. The highest BCUT2D eigenvalue weighted by atomic mass is 32.1. The number of H-pyrrole nitrogens is 1. The van der Waals surface area contributed by atoms with Crippen LogP contribution >= 0.6 is 12.2 Å². The first-order chi connectivity index (χ1) is 15.3. The fraction of sp³-hybridized carbons (Fsp3) is 0.391. The first-order valence-electron chi connectivity index (χ1n) is 10.4. The minimum absolute atomic E-state index is 0.251. The topological polar surface area (TPSA) is 86.9 Å². The number of carbonyl (C=O) groups excluding carboxylic acids is 2. The number of aromatic amines is 1. The van der Waals surface area contributed by atoms with Gasteiger partial charge in [-0.05, 0) is 55.2 Å². The zero-order chi connectivity index (χ0) is 22.9. The van der Waals surface area contributed by atoms with Crippen LogP contribution in [0.25, 0.3) is 0 Å². The first kappa shape index (κ1) is 22.1. The summed E-state index contributed by atoms with van der Waals surface area (Å²) < 4.78 is 11.4. The highest BCUT2D eigenvalue weighted by molar-refractivity contribution is 7.78. The number of fused-ring (bicyclic) bond motifs is 1. The van der Waals surface area contributed by atoms with Gasteiger partial charge in [0.1, 0.15) is 11.3 Å². The van der Waals surface area contributed by atoms with Crippen molar-refractivity contribution in [1.29, 1.82) is 0 Å². The number of amides is 2. The quantitative estimate of drug-likeness (QED) is 0.691. The molecule has 2 aromatic rings. The van der Waals surface area contributed by atoms with Crippen LogP contribution in [0.15, 0.2) is 42.3 Å². The van der Waals surface area contributed by atoms with Gasteiger partial charge in [0.25, 0.3) is 5.91 Å². The van der Waals surface area contributed by atoms with Crippen molar-refractivity contribution in [2.45, 2.75) is 39.0 Å². The number of carbonyl (C=O) groups is 2. The summed E-state index contributed by atoms with van der Waals surface area (Å²) in [6.45, 7) is 7.27. The van der Waals surface area contributed by atoms with E-state index >= 15 is 0 Å². The molecule has 2 aliphatic heterocycles. The maximum atomic E-state index is 12.9. The molecule has 1 atom stereocenters. The van der Waals surface area contributed by atoms with Crippen LogP contribution in [-0.2, 0) is 16.0 Å². The second-order valence-corrected chi connectivity index (χ2v) is 8.90. The number of hydrogen-bond donors (Lipinski definition) is 2. The van der Waals surface area contributed by atoms with Gasteiger partial charge in [-0.1, -0.05) is 24.3 Å². The van der Waals surface area contributed by atoms with E-state index in [1.54, 1.807) is 11.1 Å². The molecule has 9 heteroatoms. The maximum absolute atomic E-state index is 12.9. The lowest BCUT2D eigenvalue weighted by Crippen LogP contribution is -2.46. The monoisotopic (exact) mass is 454 g/mol. The number of ether oxygens (including phenoxy) is 2. The summed E-state index contributed by atoms with van der Waals surface area (Å²) in [6.07, 6.45) is 1.35. The number of rotatable bonds is 3. The molecule has 0 unspecified atom stereocenters. The van der Waals surface area contributed by atoms with Crippen LogP contribution in [0.1, 0.15) is 48.4 Å². The molecule has 3 heterocycles. The molecule has 0 bridgehead atoms. The van der Waals surface area contributed by atoms with Crippen molar-refractivity contribution in [3.8, 4) is 0 Å². The second kappa shape index (κ2) is 8.78. The van der Waals surface area contributed by atoms with Crippen molar-refractivity contribution < 1.29 is 19.1 Å². The number of morpholine rings is 1. The molecule has 2 aliphatic rings. The molecule has 2 amide bonds. The lowest BCUT2D eigenvalue weighted by atomic mass is 9.98. The van der Waals surface area contributed by atoms with Crippen molar-refractivity contribution in [2.24, 2.45) is 0 Å². The van der Waals surface area contributed by atoms with E-state index in [9.17, 15) is 9.59 Å². The Morgan fingerprint density at radius 1 is 1.31 bits per heavy atom. The molecule has 32 heavy (non-hydrogen) atoms. The van der Waals surface area contributed by atoms with Crippen molar-refractivity contribution in [3.05, 3.63) is 59.2 Å². The summed E-state index contributed by atoms with van der Waals surface area (Å²) in [5, 5.41) is 5.44. The van der Waals surface area contributed by atoms with E-state index in [-0.39, 0.29) is 18.0 Å². The smallest absolute Gasteiger partial charge is 0.410 e. The van der Waals surface area contributed by atoms with Gasteiger partial charge in [0.15, 0.2) is 5.82 Å². The van der Waals surface area contributed by atoms with Gasteiger partial charge in [0.05, 0.1) is 31.5 Å². The fourth-order valence-electron chi connectivity index (χ4n) is 3.94. The lowest BCUT2D eigenvalue weighted by molar-refractivity contribution is -0.0332. The van der Waals surface area contributed by atoms with Crippen LogP contribution in [0.3, 0.4) is 0 Å². The Balaban J connectivity index is 1.67. The molecule has 2 N–H and O–H groups in total. The minimum Gasteiger partial charge on any atom is -0.444 e.